The molecule has 0 aromatic carbocycles. The highest BCUT2D eigenvalue weighted by atomic mass is 15.0. The predicted octanol–water partition coefficient (Wildman–Crippen LogP) is 2.36. The summed E-state index contributed by atoms with van der Waals surface area (Å²) in [4.78, 5) is 11.7. The van der Waals surface area contributed by atoms with Crippen molar-refractivity contribution in [3.8, 4) is 11.3 Å². The first-order valence-electron chi connectivity index (χ1n) is 5.74. The maximum absolute atomic E-state index is 4.36. The van der Waals surface area contributed by atoms with Crippen LogP contribution >= 0.6 is 0 Å². The molecule has 0 aliphatic rings. The molecule has 2 aromatic heterocycles. The van der Waals surface area contributed by atoms with Gasteiger partial charge in [0.25, 0.3) is 0 Å². The van der Waals surface area contributed by atoms with E-state index in [9.17, 15) is 0 Å². The average Bonchev–Trinajstić information content (AvgIpc) is 2.75. The number of imidazole rings is 1. The highest BCUT2D eigenvalue weighted by molar-refractivity contribution is 5.57. The first-order valence-corrected chi connectivity index (χ1v) is 5.74. The summed E-state index contributed by atoms with van der Waals surface area (Å²) >= 11 is 0. The van der Waals surface area contributed by atoms with Crippen LogP contribution in [0.2, 0.25) is 0 Å². The van der Waals surface area contributed by atoms with E-state index in [4.69, 9.17) is 0 Å². The smallest absolute Gasteiger partial charge is 0.120 e. The topological polar surface area (TPSA) is 53.6 Å². The number of H-pyrrole nitrogens is 1. The molecule has 2 N–H and O–H groups in total. The summed E-state index contributed by atoms with van der Waals surface area (Å²) in [5.74, 6) is 0.951. The maximum atomic E-state index is 4.36. The molecule has 0 unspecified atom stereocenters. The van der Waals surface area contributed by atoms with Gasteiger partial charge in [0.05, 0.1) is 18.4 Å². The first-order chi connectivity index (χ1) is 8.04. The lowest BCUT2D eigenvalue weighted by Gasteiger charge is -2.19. The van der Waals surface area contributed by atoms with Gasteiger partial charge < -0.3 is 10.3 Å². The number of nitrogens with zero attached hydrogens (tertiary/aromatic N) is 2. The van der Waals surface area contributed by atoms with Crippen LogP contribution in [0.4, 0.5) is 0 Å². The fourth-order valence-corrected chi connectivity index (χ4v) is 1.48. The van der Waals surface area contributed by atoms with Crippen molar-refractivity contribution in [3.05, 3.63) is 36.5 Å². The van der Waals surface area contributed by atoms with Gasteiger partial charge in [-0.1, -0.05) is 0 Å². The monoisotopic (exact) mass is 230 g/mol. The molecule has 0 amide bonds. The van der Waals surface area contributed by atoms with E-state index in [2.05, 4.69) is 41.0 Å². The van der Waals surface area contributed by atoms with Gasteiger partial charge in [-0.25, -0.2) is 4.98 Å². The Kier molecular flexibility index (Phi) is 3.24. The second-order valence-electron chi connectivity index (χ2n) is 5.08. The summed E-state index contributed by atoms with van der Waals surface area (Å²) in [7, 11) is 0. The molecule has 0 spiro atoms. The number of nitrogens with one attached hydrogen (secondary N) is 2. The molecule has 0 aliphatic carbocycles. The normalized spacial score (nSPS) is 11.7. The van der Waals surface area contributed by atoms with Crippen LogP contribution in [-0.2, 0) is 6.54 Å². The molecule has 2 aromatic rings. The molecule has 4 nitrogen and oxygen atoms in total. The van der Waals surface area contributed by atoms with Crippen molar-refractivity contribution >= 4 is 0 Å². The molecule has 0 saturated heterocycles. The van der Waals surface area contributed by atoms with E-state index in [1.807, 2.05) is 18.3 Å². The van der Waals surface area contributed by atoms with E-state index in [1.54, 1.807) is 12.4 Å². The first kappa shape index (κ1) is 11.8. The molecular weight excluding hydrogens is 212 g/mol. The summed E-state index contributed by atoms with van der Waals surface area (Å²) in [6.45, 7) is 7.16. The lowest BCUT2D eigenvalue weighted by atomic mass is 10.1. The van der Waals surface area contributed by atoms with Gasteiger partial charge in [-0.15, -0.1) is 0 Å². The Morgan fingerprint density at radius 1 is 1.24 bits per heavy atom. The van der Waals surface area contributed by atoms with Gasteiger partial charge >= 0.3 is 0 Å². The zero-order chi connectivity index (χ0) is 12.3. The number of rotatable bonds is 3. The SMILES string of the molecule is CC(C)(C)NCc1ncc(-c2ccncc2)[nH]1. The summed E-state index contributed by atoms with van der Waals surface area (Å²) in [6.07, 6.45) is 5.42. The summed E-state index contributed by atoms with van der Waals surface area (Å²) in [5, 5.41) is 3.40. The zero-order valence-corrected chi connectivity index (χ0v) is 10.5. The fraction of sp³-hybridized carbons (Fsp3) is 0.385. The number of pyridine rings is 1. The fourth-order valence-electron chi connectivity index (χ4n) is 1.48. The molecule has 0 atom stereocenters. The van der Waals surface area contributed by atoms with Crippen LogP contribution < -0.4 is 5.32 Å². The number of aromatic nitrogens is 3. The van der Waals surface area contributed by atoms with Gasteiger partial charge in [0.2, 0.25) is 0 Å². The molecule has 0 bridgehead atoms. The van der Waals surface area contributed by atoms with Crippen molar-refractivity contribution in [2.75, 3.05) is 0 Å². The Bertz CT molecular complexity index is 468. The second-order valence-corrected chi connectivity index (χ2v) is 5.08. The maximum Gasteiger partial charge on any atom is 0.120 e. The molecule has 2 heterocycles. The van der Waals surface area contributed by atoms with Gasteiger partial charge in [0, 0.05) is 23.5 Å². The third-order valence-electron chi connectivity index (χ3n) is 2.41. The van der Waals surface area contributed by atoms with Crippen LogP contribution in [0.5, 0.6) is 0 Å². The van der Waals surface area contributed by atoms with Crippen LogP contribution in [0.3, 0.4) is 0 Å². The van der Waals surface area contributed by atoms with Crippen molar-refractivity contribution in [2.45, 2.75) is 32.9 Å². The van der Waals surface area contributed by atoms with Gasteiger partial charge in [0.15, 0.2) is 0 Å². The lowest BCUT2D eigenvalue weighted by Crippen LogP contribution is -2.35. The van der Waals surface area contributed by atoms with Crippen LogP contribution in [-0.4, -0.2) is 20.5 Å². The van der Waals surface area contributed by atoms with Crippen molar-refractivity contribution in [2.24, 2.45) is 0 Å². The molecule has 90 valence electrons. The minimum Gasteiger partial charge on any atom is -0.341 e. The third-order valence-corrected chi connectivity index (χ3v) is 2.41. The molecule has 4 heteroatoms. The van der Waals surface area contributed by atoms with Crippen molar-refractivity contribution in [3.63, 3.8) is 0 Å². The molecule has 2 rings (SSSR count). The highest BCUT2D eigenvalue weighted by Gasteiger charge is 2.10. The van der Waals surface area contributed by atoms with Crippen molar-refractivity contribution < 1.29 is 0 Å². The lowest BCUT2D eigenvalue weighted by molar-refractivity contribution is 0.418. The minimum absolute atomic E-state index is 0.101. The van der Waals surface area contributed by atoms with E-state index in [-0.39, 0.29) is 5.54 Å². The van der Waals surface area contributed by atoms with Crippen LogP contribution in [0, 0.1) is 0 Å². The van der Waals surface area contributed by atoms with E-state index < -0.39 is 0 Å². The molecule has 0 saturated carbocycles. The molecular formula is C13H18N4. The second kappa shape index (κ2) is 4.67. The predicted molar refractivity (Wildman–Crippen MR) is 68.4 cm³/mol. The van der Waals surface area contributed by atoms with E-state index in [0.717, 1.165) is 23.6 Å². The van der Waals surface area contributed by atoms with Gasteiger partial charge in [-0.2, -0.15) is 0 Å². The Morgan fingerprint density at radius 2 is 1.94 bits per heavy atom. The highest BCUT2D eigenvalue weighted by Crippen LogP contribution is 2.15. The van der Waals surface area contributed by atoms with Crippen molar-refractivity contribution in [1.82, 2.24) is 20.3 Å². The van der Waals surface area contributed by atoms with Crippen molar-refractivity contribution in [1.29, 1.82) is 0 Å². The van der Waals surface area contributed by atoms with Gasteiger partial charge in [0.1, 0.15) is 5.82 Å². The summed E-state index contributed by atoms with van der Waals surface area (Å²) in [6, 6.07) is 3.93. The summed E-state index contributed by atoms with van der Waals surface area (Å²) in [5.41, 5.74) is 2.23. The Morgan fingerprint density at radius 3 is 2.59 bits per heavy atom. The standard InChI is InChI=1S/C13H18N4/c1-13(2,3)16-9-12-15-8-11(17-12)10-4-6-14-7-5-10/h4-8,16H,9H2,1-3H3,(H,15,17). The number of aromatic amines is 1. The van der Waals surface area contributed by atoms with Crippen LogP contribution in [0.15, 0.2) is 30.7 Å². The number of hydrogen-bond donors (Lipinski definition) is 2. The number of hydrogen-bond acceptors (Lipinski definition) is 3. The van der Waals surface area contributed by atoms with Gasteiger partial charge in [-0.3, -0.25) is 4.98 Å². The average molecular weight is 230 g/mol. The zero-order valence-electron chi connectivity index (χ0n) is 10.5. The molecule has 17 heavy (non-hydrogen) atoms. The Hall–Kier alpha value is -1.68. The minimum atomic E-state index is 0.101. The van der Waals surface area contributed by atoms with E-state index >= 15 is 0 Å². The summed E-state index contributed by atoms with van der Waals surface area (Å²) < 4.78 is 0. The third kappa shape index (κ3) is 3.39. The van der Waals surface area contributed by atoms with E-state index in [0.29, 0.717) is 0 Å². The largest absolute Gasteiger partial charge is 0.341 e. The van der Waals surface area contributed by atoms with Crippen LogP contribution in [0.25, 0.3) is 11.3 Å². The van der Waals surface area contributed by atoms with Gasteiger partial charge in [-0.05, 0) is 32.9 Å². The van der Waals surface area contributed by atoms with E-state index in [1.165, 1.54) is 0 Å². The quantitative estimate of drug-likeness (QED) is 0.851. The molecule has 0 aliphatic heterocycles. The van der Waals surface area contributed by atoms with Crippen LogP contribution in [0.1, 0.15) is 26.6 Å². The molecule has 0 fully saturated rings. The Labute approximate surface area is 102 Å². The molecule has 0 radical (unpaired) electrons. The Balaban J connectivity index is 2.07.